The Hall–Kier alpha value is -3.21. The van der Waals surface area contributed by atoms with Gasteiger partial charge in [0.2, 0.25) is 5.95 Å². The molecule has 1 aromatic rings. The minimum atomic E-state index is 0.181. The van der Waals surface area contributed by atoms with Gasteiger partial charge in [0.05, 0.1) is 6.04 Å². The first-order chi connectivity index (χ1) is 14.7. The van der Waals surface area contributed by atoms with Crippen LogP contribution in [-0.4, -0.2) is 29.3 Å². The summed E-state index contributed by atoms with van der Waals surface area (Å²) in [6.07, 6.45) is 26.7. The van der Waals surface area contributed by atoms with Crippen LogP contribution in [0.3, 0.4) is 0 Å². The van der Waals surface area contributed by atoms with Gasteiger partial charge >= 0.3 is 0 Å². The number of carbonyl (C=O) groups excluding carboxylic acids is 1. The van der Waals surface area contributed by atoms with E-state index in [4.69, 9.17) is 0 Å². The Bertz CT molecular complexity index is 875. The van der Waals surface area contributed by atoms with Crippen LogP contribution in [0.4, 0.5) is 11.8 Å². The molecule has 1 atom stereocenters. The maximum atomic E-state index is 11.7. The third kappa shape index (κ3) is 7.66. The van der Waals surface area contributed by atoms with E-state index in [1.807, 2.05) is 31.4 Å². The zero-order valence-electron chi connectivity index (χ0n) is 18.1. The fourth-order valence-electron chi connectivity index (χ4n) is 2.95. The Morgan fingerprint density at radius 1 is 1.23 bits per heavy atom. The number of aldehydes is 1. The molecule has 1 aromatic heterocycles. The molecule has 2 rings (SSSR count). The van der Waals surface area contributed by atoms with E-state index in [1.165, 1.54) is 0 Å². The number of nitrogens with one attached hydrogen (secondary N) is 2. The van der Waals surface area contributed by atoms with Crippen molar-refractivity contribution in [2.45, 2.75) is 45.6 Å². The fraction of sp³-hybridized carbons (Fsp3) is 0.320. The van der Waals surface area contributed by atoms with Crippen molar-refractivity contribution in [1.82, 2.24) is 9.97 Å². The van der Waals surface area contributed by atoms with Crippen LogP contribution in [0.25, 0.3) is 6.08 Å². The zero-order chi connectivity index (χ0) is 21.6. The van der Waals surface area contributed by atoms with Crippen molar-refractivity contribution in [3.05, 3.63) is 77.6 Å². The molecule has 1 aliphatic carbocycles. The lowest BCUT2D eigenvalue weighted by molar-refractivity contribution is -0.104. The van der Waals surface area contributed by atoms with Gasteiger partial charge in [-0.1, -0.05) is 62.5 Å². The summed E-state index contributed by atoms with van der Waals surface area (Å²) in [6, 6.07) is 0.181. The van der Waals surface area contributed by atoms with Gasteiger partial charge in [-0.2, -0.15) is 4.98 Å². The average molecular weight is 405 g/mol. The van der Waals surface area contributed by atoms with Gasteiger partial charge in [0.15, 0.2) is 0 Å². The zero-order valence-corrected chi connectivity index (χ0v) is 18.1. The highest BCUT2D eigenvalue weighted by Gasteiger charge is 2.09. The Kier molecular flexibility index (Phi) is 10.1. The lowest BCUT2D eigenvalue weighted by atomic mass is 10.1. The molecular formula is C25H32N4O. The van der Waals surface area contributed by atoms with Gasteiger partial charge in [0.25, 0.3) is 0 Å². The molecule has 0 aromatic carbocycles. The highest BCUT2D eigenvalue weighted by Crippen LogP contribution is 2.19. The molecule has 0 spiro atoms. The minimum Gasteiger partial charge on any atom is -0.372 e. The molecule has 30 heavy (non-hydrogen) atoms. The molecule has 158 valence electrons. The van der Waals surface area contributed by atoms with Gasteiger partial charge in [0.1, 0.15) is 12.1 Å². The number of carbonyl (C=O) groups is 1. The second-order valence-corrected chi connectivity index (χ2v) is 6.90. The summed E-state index contributed by atoms with van der Waals surface area (Å²) in [4.78, 5) is 20.6. The number of aromatic nitrogens is 2. The predicted octanol–water partition coefficient (Wildman–Crippen LogP) is 5.65. The quantitative estimate of drug-likeness (QED) is 0.216. The van der Waals surface area contributed by atoms with E-state index in [0.717, 1.165) is 43.1 Å². The first-order valence-corrected chi connectivity index (χ1v) is 10.5. The topological polar surface area (TPSA) is 66.9 Å². The first kappa shape index (κ1) is 23.1. The van der Waals surface area contributed by atoms with E-state index in [2.05, 4.69) is 70.9 Å². The lowest BCUT2D eigenvalue weighted by Gasteiger charge is -2.16. The number of hydrogen-bond acceptors (Lipinski definition) is 5. The van der Waals surface area contributed by atoms with E-state index in [9.17, 15) is 4.79 Å². The van der Waals surface area contributed by atoms with Crippen molar-refractivity contribution in [3.63, 3.8) is 0 Å². The highest BCUT2D eigenvalue weighted by molar-refractivity contribution is 5.87. The van der Waals surface area contributed by atoms with Crippen LogP contribution in [-0.2, 0) is 4.79 Å². The summed E-state index contributed by atoms with van der Waals surface area (Å²) >= 11 is 0. The molecule has 1 heterocycles. The Balaban J connectivity index is 2.18. The Morgan fingerprint density at radius 2 is 2.10 bits per heavy atom. The van der Waals surface area contributed by atoms with E-state index < -0.39 is 0 Å². The summed E-state index contributed by atoms with van der Waals surface area (Å²) in [5.41, 5.74) is 2.45. The van der Waals surface area contributed by atoms with Crippen LogP contribution in [0, 0.1) is 0 Å². The summed E-state index contributed by atoms with van der Waals surface area (Å²) in [7, 11) is 1.81. The smallest absolute Gasteiger partial charge is 0.225 e. The maximum absolute atomic E-state index is 11.7. The molecule has 0 saturated carbocycles. The van der Waals surface area contributed by atoms with Crippen LogP contribution >= 0.6 is 0 Å². The molecule has 0 radical (unpaired) electrons. The molecule has 0 amide bonds. The molecule has 0 bridgehead atoms. The second-order valence-electron chi connectivity index (χ2n) is 6.90. The van der Waals surface area contributed by atoms with E-state index in [1.54, 1.807) is 6.20 Å². The standard InChI is InChI=1S/C25H32N4O/c1-4-6-7-8-10-13-20(5-2)16-21(19-30)17-22-18-27-25(29-24(22)26-3)28-23-14-11-9-12-15-23/h6-7,9-14,16-19,23H,4-5,8,15H2,1-3H3,(H2,26,27,28,29)/b7-6+,13-10?,20-16+,21-17-. The van der Waals surface area contributed by atoms with E-state index in [0.29, 0.717) is 17.3 Å². The van der Waals surface area contributed by atoms with Gasteiger partial charge in [-0.25, -0.2) is 4.98 Å². The number of nitrogens with zero attached hydrogens (tertiary/aromatic N) is 2. The van der Waals surface area contributed by atoms with Crippen LogP contribution in [0.5, 0.6) is 0 Å². The lowest BCUT2D eigenvalue weighted by Crippen LogP contribution is -2.19. The molecule has 5 nitrogen and oxygen atoms in total. The van der Waals surface area contributed by atoms with Crippen molar-refractivity contribution in [2.24, 2.45) is 0 Å². The molecule has 5 heteroatoms. The normalized spacial score (nSPS) is 17.1. The van der Waals surface area contributed by atoms with Gasteiger partial charge in [0, 0.05) is 24.4 Å². The van der Waals surface area contributed by atoms with Crippen LogP contribution < -0.4 is 10.6 Å². The van der Waals surface area contributed by atoms with Gasteiger partial charge in [-0.3, -0.25) is 4.79 Å². The van der Waals surface area contributed by atoms with Gasteiger partial charge in [-0.05, 0) is 43.4 Å². The van der Waals surface area contributed by atoms with E-state index in [-0.39, 0.29) is 6.04 Å². The third-order valence-electron chi connectivity index (χ3n) is 4.57. The summed E-state index contributed by atoms with van der Waals surface area (Å²) in [5, 5.41) is 6.41. The molecule has 2 N–H and O–H groups in total. The summed E-state index contributed by atoms with van der Waals surface area (Å²) < 4.78 is 0. The number of allylic oxidation sites excluding steroid dienone is 9. The largest absolute Gasteiger partial charge is 0.372 e. The Morgan fingerprint density at radius 3 is 2.77 bits per heavy atom. The maximum Gasteiger partial charge on any atom is 0.225 e. The predicted molar refractivity (Wildman–Crippen MR) is 127 cm³/mol. The number of hydrogen-bond donors (Lipinski definition) is 2. The van der Waals surface area contributed by atoms with Crippen molar-refractivity contribution in [2.75, 3.05) is 17.7 Å². The number of anilines is 2. The summed E-state index contributed by atoms with van der Waals surface area (Å²) in [6.45, 7) is 4.20. The van der Waals surface area contributed by atoms with Gasteiger partial charge < -0.3 is 10.6 Å². The monoisotopic (exact) mass is 404 g/mol. The highest BCUT2D eigenvalue weighted by atomic mass is 16.1. The molecular weight excluding hydrogens is 372 g/mol. The summed E-state index contributed by atoms with van der Waals surface area (Å²) in [5.74, 6) is 1.23. The van der Waals surface area contributed by atoms with E-state index >= 15 is 0 Å². The SMILES string of the molecule is CC/C=C/CC=C/C(=C/C(C=O)=C/c1cnc(NC2C=CC=CC2)nc1NC)CC. The average Bonchev–Trinajstić information content (AvgIpc) is 2.78. The van der Waals surface area contributed by atoms with Crippen molar-refractivity contribution >= 4 is 24.1 Å². The fourth-order valence-corrected chi connectivity index (χ4v) is 2.95. The molecule has 1 unspecified atom stereocenters. The van der Waals surface area contributed by atoms with Gasteiger partial charge in [-0.15, -0.1) is 0 Å². The van der Waals surface area contributed by atoms with Crippen molar-refractivity contribution in [3.8, 4) is 0 Å². The minimum absolute atomic E-state index is 0.181. The second kappa shape index (κ2) is 13.1. The van der Waals surface area contributed by atoms with Crippen LogP contribution in [0.2, 0.25) is 0 Å². The third-order valence-corrected chi connectivity index (χ3v) is 4.57. The molecule has 0 saturated heterocycles. The molecule has 1 aliphatic rings. The Labute approximate surface area is 180 Å². The van der Waals surface area contributed by atoms with Crippen LogP contribution in [0.1, 0.15) is 45.1 Å². The van der Waals surface area contributed by atoms with Crippen LogP contribution in [0.15, 0.2) is 72.0 Å². The first-order valence-electron chi connectivity index (χ1n) is 10.5. The molecule has 0 aliphatic heterocycles. The molecule has 0 fully saturated rings. The number of rotatable bonds is 11. The van der Waals surface area contributed by atoms with Crippen molar-refractivity contribution < 1.29 is 4.79 Å². The van der Waals surface area contributed by atoms with Crippen molar-refractivity contribution in [1.29, 1.82) is 0 Å².